The van der Waals surface area contributed by atoms with Gasteiger partial charge in [-0.2, -0.15) is 0 Å². The third-order valence-electron chi connectivity index (χ3n) is 5.62. The van der Waals surface area contributed by atoms with Gasteiger partial charge in [0.15, 0.2) is 5.65 Å². The summed E-state index contributed by atoms with van der Waals surface area (Å²) in [5.41, 5.74) is 1.71. The van der Waals surface area contributed by atoms with E-state index >= 15 is 0 Å². The quantitative estimate of drug-likeness (QED) is 0.472. The van der Waals surface area contributed by atoms with Crippen molar-refractivity contribution >= 4 is 17.1 Å². The van der Waals surface area contributed by atoms with Crippen LogP contribution in [0.5, 0.6) is 0 Å². The van der Waals surface area contributed by atoms with Crippen LogP contribution in [0.4, 0.5) is 0 Å². The van der Waals surface area contributed by atoms with E-state index in [-0.39, 0.29) is 19.0 Å². The molecule has 0 unspecified atom stereocenters. The summed E-state index contributed by atoms with van der Waals surface area (Å²) in [7, 11) is 0. The molecular weight excluding hydrogens is 392 g/mol. The molecule has 1 aliphatic rings. The second kappa shape index (κ2) is 9.55. The number of carbonyl (C=O) groups is 1. The first kappa shape index (κ1) is 20.8. The smallest absolute Gasteiger partial charge is 0.318 e. The van der Waals surface area contributed by atoms with E-state index in [0.29, 0.717) is 17.7 Å². The molecule has 0 atom stereocenters. The first-order valence-corrected chi connectivity index (χ1v) is 10.7. The molecule has 160 valence electrons. The second-order valence-corrected chi connectivity index (χ2v) is 7.82. The van der Waals surface area contributed by atoms with Gasteiger partial charge in [0.05, 0.1) is 12.1 Å². The number of hydrogen-bond acceptors (Lipinski definition) is 4. The number of amides is 1. The molecule has 2 aromatic heterocycles. The van der Waals surface area contributed by atoms with Crippen molar-refractivity contribution in [2.24, 2.45) is 0 Å². The van der Waals surface area contributed by atoms with Gasteiger partial charge in [0, 0.05) is 12.7 Å². The van der Waals surface area contributed by atoms with E-state index in [1.807, 2.05) is 30.3 Å². The highest BCUT2D eigenvalue weighted by Gasteiger charge is 2.16. The van der Waals surface area contributed by atoms with E-state index in [1.165, 1.54) is 27.5 Å². The number of rotatable bonds is 7. The monoisotopic (exact) mass is 418 g/mol. The number of nitrogens with zero attached hydrogens (tertiary/aromatic N) is 3. The maximum Gasteiger partial charge on any atom is 0.318 e. The Morgan fingerprint density at radius 1 is 1.00 bits per heavy atom. The van der Waals surface area contributed by atoms with Crippen LogP contribution < -0.4 is 16.4 Å². The van der Waals surface area contributed by atoms with E-state index in [4.69, 9.17) is 0 Å². The van der Waals surface area contributed by atoms with E-state index < -0.39 is 11.1 Å². The minimum atomic E-state index is -0.721. The molecule has 0 fully saturated rings. The van der Waals surface area contributed by atoms with Crippen LogP contribution in [-0.4, -0.2) is 26.6 Å². The second-order valence-electron chi connectivity index (χ2n) is 7.82. The zero-order valence-electron chi connectivity index (χ0n) is 17.4. The minimum Gasteiger partial charge on any atom is -0.354 e. The first-order chi connectivity index (χ1) is 15.1. The number of benzene rings is 1. The molecular formula is C24H26N4O3. The molecule has 1 amide bonds. The Kier molecular flexibility index (Phi) is 6.40. The van der Waals surface area contributed by atoms with Crippen molar-refractivity contribution in [3.63, 3.8) is 0 Å². The van der Waals surface area contributed by atoms with E-state index in [9.17, 15) is 14.4 Å². The molecule has 2 heterocycles. The first-order valence-electron chi connectivity index (χ1n) is 10.7. The maximum atomic E-state index is 12.9. The molecule has 7 heteroatoms. The zero-order chi connectivity index (χ0) is 21.6. The Morgan fingerprint density at radius 2 is 1.81 bits per heavy atom. The summed E-state index contributed by atoms with van der Waals surface area (Å²) in [6, 6.07) is 12.8. The molecule has 1 aromatic carbocycles. The van der Waals surface area contributed by atoms with Crippen LogP contribution >= 0.6 is 0 Å². The molecule has 0 saturated heterocycles. The number of hydrogen-bond donors (Lipinski definition) is 1. The van der Waals surface area contributed by atoms with Gasteiger partial charge in [0.25, 0.3) is 0 Å². The molecule has 1 aliphatic carbocycles. The van der Waals surface area contributed by atoms with E-state index in [0.717, 1.165) is 24.8 Å². The summed E-state index contributed by atoms with van der Waals surface area (Å²) in [6.45, 7) is 0.562. The summed E-state index contributed by atoms with van der Waals surface area (Å²) in [6.07, 6.45) is 9.29. The molecule has 0 aliphatic heterocycles. The summed E-state index contributed by atoms with van der Waals surface area (Å²) in [5.74, 6) is -0.288. The van der Waals surface area contributed by atoms with Gasteiger partial charge < -0.3 is 5.32 Å². The zero-order valence-corrected chi connectivity index (χ0v) is 17.4. The van der Waals surface area contributed by atoms with Crippen LogP contribution in [0.1, 0.15) is 37.7 Å². The Labute approximate surface area is 180 Å². The Hall–Kier alpha value is -3.48. The van der Waals surface area contributed by atoms with Gasteiger partial charge >= 0.3 is 11.1 Å². The molecule has 0 radical (unpaired) electrons. The van der Waals surface area contributed by atoms with E-state index in [2.05, 4.69) is 16.4 Å². The highest BCUT2D eigenvalue weighted by Crippen LogP contribution is 2.19. The lowest BCUT2D eigenvalue weighted by Crippen LogP contribution is -2.44. The highest BCUT2D eigenvalue weighted by molar-refractivity contribution is 5.78. The minimum absolute atomic E-state index is 0.207. The molecule has 0 saturated carbocycles. The highest BCUT2D eigenvalue weighted by atomic mass is 16.2. The van der Waals surface area contributed by atoms with Gasteiger partial charge in [-0.15, -0.1) is 0 Å². The average Bonchev–Trinajstić information content (AvgIpc) is 2.81. The van der Waals surface area contributed by atoms with Crippen molar-refractivity contribution in [1.29, 1.82) is 0 Å². The van der Waals surface area contributed by atoms with Crippen LogP contribution in [0, 0.1) is 0 Å². The number of fused-ring (bicyclic) bond motifs is 1. The van der Waals surface area contributed by atoms with Crippen molar-refractivity contribution in [2.75, 3.05) is 6.54 Å². The summed E-state index contributed by atoms with van der Waals surface area (Å²) < 4.78 is 2.60. The van der Waals surface area contributed by atoms with Gasteiger partial charge in [0.2, 0.25) is 5.91 Å². The third-order valence-corrected chi connectivity index (χ3v) is 5.62. The SMILES string of the molecule is O=C(Cn1c(=O)c(=O)n(Cc2ccccc2)c2ncccc21)NCCC1=CCCCC1. The van der Waals surface area contributed by atoms with Crippen molar-refractivity contribution in [2.45, 2.75) is 45.2 Å². The van der Waals surface area contributed by atoms with Crippen LogP contribution in [-0.2, 0) is 17.9 Å². The van der Waals surface area contributed by atoms with Gasteiger partial charge in [-0.25, -0.2) is 4.98 Å². The lowest BCUT2D eigenvalue weighted by atomic mass is 9.97. The number of nitrogens with one attached hydrogen (secondary N) is 1. The number of pyridine rings is 1. The standard InChI is InChI=1S/C24H26N4O3/c29-21(25-15-13-18-8-3-1-4-9-18)17-27-20-12-7-14-26-22(20)28(24(31)23(27)30)16-19-10-5-2-6-11-19/h2,5-8,10-12,14H,1,3-4,9,13,15-17H2,(H,25,29). The Morgan fingerprint density at radius 3 is 2.58 bits per heavy atom. The fraction of sp³-hybridized carbons (Fsp3) is 0.333. The average molecular weight is 418 g/mol. The van der Waals surface area contributed by atoms with Gasteiger partial charge in [-0.3, -0.25) is 23.5 Å². The van der Waals surface area contributed by atoms with Crippen molar-refractivity contribution in [3.05, 3.63) is 86.6 Å². The van der Waals surface area contributed by atoms with Crippen LogP contribution in [0.2, 0.25) is 0 Å². The summed E-state index contributed by atoms with van der Waals surface area (Å²) in [4.78, 5) is 42.6. The van der Waals surface area contributed by atoms with Gasteiger partial charge in [-0.05, 0) is 49.8 Å². The molecule has 7 nitrogen and oxygen atoms in total. The largest absolute Gasteiger partial charge is 0.354 e. The lowest BCUT2D eigenvalue weighted by molar-refractivity contribution is -0.121. The van der Waals surface area contributed by atoms with Crippen molar-refractivity contribution in [1.82, 2.24) is 19.4 Å². The fourth-order valence-electron chi connectivity index (χ4n) is 4.01. The molecule has 3 aromatic rings. The van der Waals surface area contributed by atoms with Crippen molar-refractivity contribution < 1.29 is 4.79 Å². The third kappa shape index (κ3) is 4.82. The maximum absolute atomic E-state index is 12.9. The van der Waals surface area contributed by atoms with E-state index in [1.54, 1.807) is 18.3 Å². The number of carbonyl (C=O) groups excluding carboxylic acids is 1. The predicted octanol–water partition coefficient (Wildman–Crippen LogP) is 2.61. The lowest BCUT2D eigenvalue weighted by Gasteiger charge is -2.15. The topological polar surface area (TPSA) is 86.0 Å². The molecule has 1 N–H and O–H groups in total. The van der Waals surface area contributed by atoms with Gasteiger partial charge in [-0.1, -0.05) is 42.0 Å². The molecule has 0 bridgehead atoms. The fourth-order valence-corrected chi connectivity index (χ4v) is 4.01. The summed E-state index contributed by atoms with van der Waals surface area (Å²) >= 11 is 0. The molecule has 31 heavy (non-hydrogen) atoms. The Bertz CT molecular complexity index is 1230. The Balaban J connectivity index is 1.57. The van der Waals surface area contributed by atoms with Crippen molar-refractivity contribution in [3.8, 4) is 0 Å². The van der Waals surface area contributed by atoms with Crippen LogP contribution in [0.25, 0.3) is 11.2 Å². The predicted molar refractivity (Wildman–Crippen MR) is 120 cm³/mol. The normalized spacial score (nSPS) is 13.7. The van der Waals surface area contributed by atoms with Gasteiger partial charge in [0.1, 0.15) is 6.54 Å². The summed E-state index contributed by atoms with van der Waals surface area (Å²) in [5, 5.41) is 2.88. The molecule has 4 rings (SSSR count). The number of aromatic nitrogens is 3. The van der Waals surface area contributed by atoms with Crippen LogP contribution in [0.15, 0.2) is 69.9 Å². The molecule has 0 spiro atoms. The number of allylic oxidation sites excluding steroid dienone is 1. The van der Waals surface area contributed by atoms with Crippen LogP contribution in [0.3, 0.4) is 0 Å².